The number of para-hydroxylation sites is 2. The zero-order valence-corrected chi connectivity index (χ0v) is 24.9. The molecule has 9 rings (SSSR count). The minimum absolute atomic E-state index is 0.347. The number of nitrogens with zero attached hydrogens (tertiary/aromatic N) is 1. The van der Waals surface area contributed by atoms with Crippen molar-refractivity contribution in [2.24, 2.45) is 0 Å². The number of fused-ring (bicyclic) bond motifs is 5. The molecule has 45 heavy (non-hydrogen) atoms. The van der Waals surface area contributed by atoms with Crippen molar-refractivity contribution in [3.8, 4) is 22.3 Å². The number of hydrogen-bond acceptors (Lipinski definition) is 1. The molecule has 1 nitrogen and oxygen atoms in total. The van der Waals surface area contributed by atoms with E-state index in [0.717, 1.165) is 6.42 Å². The van der Waals surface area contributed by atoms with Crippen LogP contribution in [0.1, 0.15) is 23.5 Å². The molecule has 1 atom stereocenters. The molecule has 1 aliphatic heterocycles. The summed E-state index contributed by atoms with van der Waals surface area (Å²) in [6.07, 6.45) is 5.67. The second-order valence-electron chi connectivity index (χ2n) is 12.1. The molecule has 0 amide bonds. The van der Waals surface area contributed by atoms with Crippen molar-refractivity contribution in [3.63, 3.8) is 0 Å². The predicted octanol–water partition coefficient (Wildman–Crippen LogP) is 11.9. The largest absolute Gasteiger partial charge is 0.313 e. The summed E-state index contributed by atoms with van der Waals surface area (Å²) in [6, 6.07) is 57.5. The highest BCUT2D eigenvalue weighted by atomic mass is 15.2. The molecule has 2 aliphatic rings. The average Bonchev–Trinajstić information content (AvgIpc) is 3.45. The van der Waals surface area contributed by atoms with Crippen molar-refractivity contribution >= 4 is 38.5 Å². The van der Waals surface area contributed by atoms with Gasteiger partial charge >= 0.3 is 0 Å². The Hall–Kier alpha value is -5.66. The van der Waals surface area contributed by atoms with E-state index >= 15 is 0 Å². The summed E-state index contributed by atoms with van der Waals surface area (Å²) in [6.45, 7) is 0. The quantitative estimate of drug-likeness (QED) is 0.189. The van der Waals surface area contributed by atoms with E-state index in [9.17, 15) is 0 Å². The molecule has 0 aromatic heterocycles. The third-order valence-electron chi connectivity index (χ3n) is 9.60. The number of rotatable bonds is 4. The Balaban J connectivity index is 1.14. The van der Waals surface area contributed by atoms with Gasteiger partial charge in [-0.25, -0.2) is 0 Å². The second kappa shape index (κ2) is 10.5. The van der Waals surface area contributed by atoms with Crippen molar-refractivity contribution in [1.82, 2.24) is 0 Å². The molecule has 0 saturated carbocycles. The monoisotopic (exact) mass is 573 g/mol. The van der Waals surface area contributed by atoms with Crippen molar-refractivity contribution in [2.75, 3.05) is 4.90 Å². The van der Waals surface area contributed by atoms with Gasteiger partial charge in [-0.1, -0.05) is 146 Å². The Labute approximate surface area is 264 Å². The van der Waals surface area contributed by atoms with Crippen LogP contribution in [-0.2, 0) is 0 Å². The highest BCUT2D eigenvalue weighted by molar-refractivity contribution is 6.21. The van der Waals surface area contributed by atoms with E-state index in [1.165, 1.54) is 77.6 Å². The lowest BCUT2D eigenvalue weighted by atomic mass is 9.83. The number of anilines is 2. The van der Waals surface area contributed by atoms with E-state index in [0.29, 0.717) is 5.92 Å². The van der Waals surface area contributed by atoms with Gasteiger partial charge in [-0.3, -0.25) is 0 Å². The summed E-state index contributed by atoms with van der Waals surface area (Å²) < 4.78 is 0. The molecule has 0 fully saturated rings. The van der Waals surface area contributed by atoms with Crippen molar-refractivity contribution in [1.29, 1.82) is 0 Å². The lowest BCUT2D eigenvalue weighted by Crippen LogP contribution is -2.15. The summed E-state index contributed by atoms with van der Waals surface area (Å²) in [5.74, 6) is 0.347. The van der Waals surface area contributed by atoms with Crippen LogP contribution in [0.5, 0.6) is 0 Å². The average molecular weight is 574 g/mol. The van der Waals surface area contributed by atoms with Crippen LogP contribution in [0.3, 0.4) is 0 Å². The third-order valence-corrected chi connectivity index (χ3v) is 9.60. The lowest BCUT2D eigenvalue weighted by Gasteiger charge is -2.26. The van der Waals surface area contributed by atoms with Crippen LogP contribution in [0.15, 0.2) is 176 Å². The van der Waals surface area contributed by atoms with E-state index < -0.39 is 0 Å². The summed E-state index contributed by atoms with van der Waals surface area (Å²) in [4.78, 5) is 2.44. The number of allylic oxidation sites excluding steroid dienone is 4. The highest BCUT2D eigenvalue weighted by Gasteiger charge is 2.36. The fourth-order valence-electron chi connectivity index (χ4n) is 7.60. The molecule has 0 radical (unpaired) electrons. The van der Waals surface area contributed by atoms with Crippen LogP contribution in [0.25, 0.3) is 49.4 Å². The van der Waals surface area contributed by atoms with Gasteiger partial charge in [0, 0.05) is 23.0 Å². The van der Waals surface area contributed by atoms with Crippen LogP contribution in [0.4, 0.5) is 11.4 Å². The molecule has 0 N–H and O–H groups in total. The lowest BCUT2D eigenvalue weighted by molar-refractivity contribution is 0.832. The Morgan fingerprint density at radius 1 is 0.422 bits per heavy atom. The fourth-order valence-corrected chi connectivity index (χ4v) is 7.60. The normalized spacial score (nSPS) is 15.5. The summed E-state index contributed by atoms with van der Waals surface area (Å²) in [7, 11) is 0. The minimum Gasteiger partial charge on any atom is -0.313 e. The minimum atomic E-state index is 0.347. The van der Waals surface area contributed by atoms with Gasteiger partial charge in [0.25, 0.3) is 0 Å². The van der Waals surface area contributed by atoms with Crippen LogP contribution in [-0.4, -0.2) is 0 Å². The van der Waals surface area contributed by atoms with Crippen LogP contribution in [0, 0.1) is 0 Å². The smallest absolute Gasteiger partial charge is 0.0497 e. The van der Waals surface area contributed by atoms with E-state index in [-0.39, 0.29) is 0 Å². The maximum absolute atomic E-state index is 2.44. The Morgan fingerprint density at radius 3 is 1.53 bits per heavy atom. The van der Waals surface area contributed by atoms with Gasteiger partial charge in [0.1, 0.15) is 0 Å². The molecule has 0 saturated heterocycles. The molecule has 1 unspecified atom stereocenters. The second-order valence-corrected chi connectivity index (χ2v) is 12.1. The molecule has 7 aromatic rings. The van der Waals surface area contributed by atoms with Gasteiger partial charge in [-0.05, 0) is 91.2 Å². The molecular formula is C44H31N. The SMILES string of the molecule is C1=C(c2ccc(-c3c4ccccc4c(-c4ccccc4)c4ccccc34)cc2)CC2C(=C1)N(c1ccccc1)c1ccccc12. The van der Waals surface area contributed by atoms with Gasteiger partial charge in [-0.2, -0.15) is 0 Å². The number of hydrogen-bond donors (Lipinski definition) is 0. The first kappa shape index (κ1) is 25.8. The topological polar surface area (TPSA) is 3.24 Å². The van der Waals surface area contributed by atoms with Crippen LogP contribution >= 0.6 is 0 Å². The zero-order chi connectivity index (χ0) is 29.7. The summed E-state index contributed by atoms with van der Waals surface area (Å²) in [5.41, 5.74) is 13.1. The maximum atomic E-state index is 2.44. The van der Waals surface area contributed by atoms with Gasteiger partial charge in [-0.15, -0.1) is 0 Å². The Kier molecular flexibility index (Phi) is 6.02. The van der Waals surface area contributed by atoms with Crippen molar-refractivity contribution in [3.05, 3.63) is 187 Å². The first-order valence-electron chi connectivity index (χ1n) is 15.8. The molecule has 1 heterocycles. The Bertz CT molecular complexity index is 2220. The third kappa shape index (κ3) is 4.16. The van der Waals surface area contributed by atoms with Crippen LogP contribution < -0.4 is 4.90 Å². The molecular weight excluding hydrogens is 542 g/mol. The van der Waals surface area contributed by atoms with Gasteiger partial charge < -0.3 is 4.90 Å². The first-order chi connectivity index (χ1) is 22.3. The molecule has 0 spiro atoms. The van der Waals surface area contributed by atoms with Crippen molar-refractivity contribution in [2.45, 2.75) is 12.3 Å². The van der Waals surface area contributed by atoms with E-state index in [2.05, 4.69) is 175 Å². The molecule has 0 bridgehead atoms. The standard InChI is InChI=1S/C44H31N/c1-3-13-31(14-4-1)43-36-18-7-9-20-38(36)44(39-21-10-8-19-37(39)43)32-25-23-30(24-26-32)33-27-28-42-40(29-33)35-17-11-12-22-41(35)45(42)34-15-5-2-6-16-34/h1-28,40H,29H2. The maximum Gasteiger partial charge on any atom is 0.0497 e. The van der Waals surface area contributed by atoms with Gasteiger partial charge in [0.2, 0.25) is 0 Å². The number of benzene rings is 7. The van der Waals surface area contributed by atoms with Crippen LogP contribution in [0.2, 0.25) is 0 Å². The molecule has 7 aromatic carbocycles. The first-order valence-corrected chi connectivity index (χ1v) is 15.8. The molecule has 1 heteroatoms. The predicted molar refractivity (Wildman–Crippen MR) is 191 cm³/mol. The zero-order valence-electron chi connectivity index (χ0n) is 24.9. The fraction of sp³-hybridized carbons (Fsp3) is 0.0455. The van der Waals surface area contributed by atoms with Gasteiger partial charge in [0.05, 0.1) is 0 Å². The molecule has 1 aliphatic carbocycles. The highest BCUT2D eigenvalue weighted by Crippen LogP contribution is 2.52. The van der Waals surface area contributed by atoms with E-state index in [1.54, 1.807) is 0 Å². The van der Waals surface area contributed by atoms with Gasteiger partial charge in [0.15, 0.2) is 0 Å². The molecule has 212 valence electrons. The summed E-state index contributed by atoms with van der Waals surface area (Å²) >= 11 is 0. The van der Waals surface area contributed by atoms with E-state index in [4.69, 9.17) is 0 Å². The summed E-state index contributed by atoms with van der Waals surface area (Å²) in [5, 5.41) is 5.15. The Morgan fingerprint density at radius 2 is 0.911 bits per heavy atom. The van der Waals surface area contributed by atoms with Crippen molar-refractivity contribution < 1.29 is 0 Å². The van der Waals surface area contributed by atoms with E-state index in [1.807, 2.05) is 0 Å².